The first-order chi connectivity index (χ1) is 12.6. The van der Waals surface area contributed by atoms with E-state index in [1.165, 1.54) is 24.8 Å². The van der Waals surface area contributed by atoms with Gasteiger partial charge in [-0.25, -0.2) is 4.98 Å². The summed E-state index contributed by atoms with van der Waals surface area (Å²) in [4.78, 5) is 16.8. The molecule has 0 bridgehead atoms. The molecule has 1 aromatic heterocycles. The number of nitrogens with one attached hydrogen (secondary N) is 1. The number of amides is 1. The summed E-state index contributed by atoms with van der Waals surface area (Å²) >= 11 is 0. The first kappa shape index (κ1) is 18.6. The van der Waals surface area contributed by atoms with Gasteiger partial charge in [-0.1, -0.05) is 37.0 Å². The molecule has 5 heteroatoms. The fourth-order valence-electron chi connectivity index (χ4n) is 3.74. The van der Waals surface area contributed by atoms with Gasteiger partial charge in [-0.2, -0.15) is 0 Å². The van der Waals surface area contributed by atoms with E-state index in [2.05, 4.69) is 17.2 Å². The van der Waals surface area contributed by atoms with Crippen molar-refractivity contribution in [1.29, 1.82) is 0 Å². The second kappa shape index (κ2) is 8.49. The number of aryl methyl sites for hydroxylation is 1. The molecule has 2 aromatic rings. The molecule has 1 heterocycles. The largest absolute Gasteiger partial charge is 0.444 e. The fraction of sp³-hybridized carbons (Fsp3) is 0.524. The Morgan fingerprint density at radius 3 is 2.65 bits per heavy atom. The summed E-state index contributed by atoms with van der Waals surface area (Å²) in [6.45, 7) is 3.22. The van der Waals surface area contributed by atoms with E-state index in [4.69, 9.17) is 10.2 Å². The van der Waals surface area contributed by atoms with Gasteiger partial charge in [-0.05, 0) is 43.9 Å². The highest BCUT2D eigenvalue weighted by molar-refractivity contribution is 5.76. The van der Waals surface area contributed by atoms with Crippen molar-refractivity contribution >= 4 is 5.91 Å². The van der Waals surface area contributed by atoms with Crippen LogP contribution in [-0.4, -0.2) is 24.0 Å². The summed E-state index contributed by atoms with van der Waals surface area (Å²) in [7, 11) is 0. The number of nitrogens with zero attached hydrogens (tertiary/aromatic N) is 1. The average molecular weight is 355 g/mol. The van der Waals surface area contributed by atoms with Crippen LogP contribution in [0.25, 0.3) is 11.5 Å². The molecule has 26 heavy (non-hydrogen) atoms. The molecule has 0 aliphatic heterocycles. The second-order valence-corrected chi connectivity index (χ2v) is 7.55. The molecular formula is C21H29N3O2. The van der Waals surface area contributed by atoms with E-state index in [0.29, 0.717) is 31.8 Å². The van der Waals surface area contributed by atoms with Gasteiger partial charge in [0.1, 0.15) is 6.26 Å². The number of aromatic nitrogens is 1. The van der Waals surface area contributed by atoms with Crippen LogP contribution < -0.4 is 11.1 Å². The fourth-order valence-corrected chi connectivity index (χ4v) is 3.74. The summed E-state index contributed by atoms with van der Waals surface area (Å²) in [6, 6.07) is 8.09. The van der Waals surface area contributed by atoms with Crippen molar-refractivity contribution < 1.29 is 9.21 Å². The maximum absolute atomic E-state index is 12.3. The maximum atomic E-state index is 12.3. The van der Waals surface area contributed by atoms with Crippen LogP contribution in [0, 0.1) is 12.3 Å². The number of nitrogens with two attached hydrogens (primary N) is 1. The minimum absolute atomic E-state index is 0.00876. The molecule has 0 radical (unpaired) electrons. The Morgan fingerprint density at radius 1 is 1.23 bits per heavy atom. The highest BCUT2D eigenvalue weighted by atomic mass is 16.3. The molecule has 1 aliphatic carbocycles. The summed E-state index contributed by atoms with van der Waals surface area (Å²) in [6.07, 6.45) is 8.65. The lowest BCUT2D eigenvalue weighted by molar-refractivity contribution is -0.123. The van der Waals surface area contributed by atoms with Gasteiger partial charge in [0.15, 0.2) is 0 Å². The van der Waals surface area contributed by atoms with Crippen molar-refractivity contribution in [3.05, 3.63) is 41.8 Å². The second-order valence-electron chi connectivity index (χ2n) is 7.55. The predicted molar refractivity (Wildman–Crippen MR) is 103 cm³/mol. The third-order valence-electron chi connectivity index (χ3n) is 5.44. The number of rotatable bonds is 7. The molecule has 5 nitrogen and oxygen atoms in total. The van der Waals surface area contributed by atoms with Gasteiger partial charge in [0.05, 0.1) is 5.69 Å². The zero-order valence-corrected chi connectivity index (χ0v) is 15.6. The Hall–Kier alpha value is -2.14. The quantitative estimate of drug-likeness (QED) is 0.795. The third-order valence-corrected chi connectivity index (χ3v) is 5.44. The maximum Gasteiger partial charge on any atom is 0.226 e. The molecule has 1 aromatic carbocycles. The standard InChI is InChI=1S/C21H29N3O2/c1-16-5-7-17(8-6-16)20-24-18(14-26-20)9-12-23-19(25)13-21(15-22)10-3-2-4-11-21/h5-8,14H,2-4,9-13,15,22H2,1H3,(H,23,25). The van der Waals surface area contributed by atoms with Crippen molar-refractivity contribution in [3.63, 3.8) is 0 Å². The van der Waals surface area contributed by atoms with Crippen molar-refractivity contribution in [3.8, 4) is 11.5 Å². The van der Waals surface area contributed by atoms with Crippen molar-refractivity contribution in [2.45, 2.75) is 51.9 Å². The lowest BCUT2D eigenvalue weighted by Gasteiger charge is -2.35. The molecule has 1 fully saturated rings. The molecule has 0 unspecified atom stereocenters. The van der Waals surface area contributed by atoms with Crippen molar-refractivity contribution in [2.24, 2.45) is 11.1 Å². The van der Waals surface area contributed by atoms with Crippen LogP contribution in [0.5, 0.6) is 0 Å². The highest BCUT2D eigenvalue weighted by Crippen LogP contribution is 2.38. The molecule has 1 aliphatic rings. The molecule has 140 valence electrons. The van der Waals surface area contributed by atoms with E-state index >= 15 is 0 Å². The number of hydrogen-bond acceptors (Lipinski definition) is 4. The summed E-state index contributed by atoms with van der Waals surface area (Å²) in [5.41, 5.74) is 9.00. The van der Waals surface area contributed by atoms with Crippen LogP contribution in [-0.2, 0) is 11.2 Å². The van der Waals surface area contributed by atoms with Crippen LogP contribution >= 0.6 is 0 Å². The minimum atomic E-state index is 0.00876. The van der Waals surface area contributed by atoms with E-state index in [1.807, 2.05) is 24.3 Å². The Balaban J connectivity index is 1.47. The Bertz CT molecular complexity index is 715. The van der Waals surface area contributed by atoms with Crippen LogP contribution in [0.1, 0.15) is 49.8 Å². The monoisotopic (exact) mass is 355 g/mol. The minimum Gasteiger partial charge on any atom is -0.444 e. The van der Waals surface area contributed by atoms with Crippen LogP contribution in [0.4, 0.5) is 0 Å². The van der Waals surface area contributed by atoms with E-state index < -0.39 is 0 Å². The smallest absolute Gasteiger partial charge is 0.226 e. The van der Waals surface area contributed by atoms with Gasteiger partial charge in [-0.15, -0.1) is 0 Å². The van der Waals surface area contributed by atoms with Gasteiger partial charge in [0, 0.05) is 24.9 Å². The molecule has 0 atom stereocenters. The molecule has 3 N–H and O–H groups in total. The van der Waals surface area contributed by atoms with Gasteiger partial charge >= 0.3 is 0 Å². The molecule has 0 saturated heterocycles. The van der Waals surface area contributed by atoms with Gasteiger partial charge < -0.3 is 15.5 Å². The third kappa shape index (κ3) is 4.73. The summed E-state index contributed by atoms with van der Waals surface area (Å²) < 4.78 is 5.56. The SMILES string of the molecule is Cc1ccc(-c2nc(CCNC(=O)CC3(CN)CCCCC3)co2)cc1. The van der Waals surface area contributed by atoms with Gasteiger partial charge in [0.2, 0.25) is 11.8 Å². The first-order valence-electron chi connectivity index (χ1n) is 9.58. The van der Waals surface area contributed by atoms with E-state index in [-0.39, 0.29) is 11.3 Å². The van der Waals surface area contributed by atoms with E-state index in [0.717, 1.165) is 24.1 Å². The number of hydrogen-bond donors (Lipinski definition) is 2. The van der Waals surface area contributed by atoms with Crippen molar-refractivity contribution in [2.75, 3.05) is 13.1 Å². The lowest BCUT2D eigenvalue weighted by Crippen LogP contribution is -2.39. The van der Waals surface area contributed by atoms with E-state index in [9.17, 15) is 4.79 Å². The first-order valence-corrected chi connectivity index (χ1v) is 9.58. The van der Waals surface area contributed by atoms with Crippen LogP contribution in [0.2, 0.25) is 0 Å². The molecule has 3 rings (SSSR count). The van der Waals surface area contributed by atoms with Crippen LogP contribution in [0.15, 0.2) is 34.9 Å². The van der Waals surface area contributed by atoms with Gasteiger partial charge in [0.25, 0.3) is 0 Å². The average Bonchev–Trinajstić information content (AvgIpc) is 3.12. The Morgan fingerprint density at radius 2 is 1.96 bits per heavy atom. The number of carbonyl (C=O) groups is 1. The van der Waals surface area contributed by atoms with Crippen LogP contribution in [0.3, 0.4) is 0 Å². The number of benzene rings is 1. The Kier molecular flexibility index (Phi) is 6.09. The summed E-state index contributed by atoms with van der Waals surface area (Å²) in [5, 5.41) is 3.02. The number of carbonyl (C=O) groups excluding carboxylic acids is 1. The van der Waals surface area contributed by atoms with E-state index in [1.54, 1.807) is 6.26 Å². The normalized spacial score (nSPS) is 16.4. The molecule has 1 saturated carbocycles. The lowest BCUT2D eigenvalue weighted by atomic mass is 9.71. The number of oxazole rings is 1. The zero-order chi connectivity index (χ0) is 18.4. The molecular weight excluding hydrogens is 326 g/mol. The highest BCUT2D eigenvalue weighted by Gasteiger charge is 2.32. The molecule has 0 spiro atoms. The van der Waals surface area contributed by atoms with Gasteiger partial charge in [-0.3, -0.25) is 4.79 Å². The zero-order valence-electron chi connectivity index (χ0n) is 15.6. The summed E-state index contributed by atoms with van der Waals surface area (Å²) in [5.74, 6) is 0.718. The molecule has 1 amide bonds. The topological polar surface area (TPSA) is 81.2 Å². The predicted octanol–water partition coefficient (Wildman–Crippen LogP) is 3.61. The Labute approximate surface area is 155 Å². The van der Waals surface area contributed by atoms with Crippen molar-refractivity contribution in [1.82, 2.24) is 10.3 Å².